The van der Waals surface area contributed by atoms with Crippen LogP contribution in [0.1, 0.15) is 0 Å². The quantitative estimate of drug-likeness (QED) is 0.484. The summed E-state index contributed by atoms with van der Waals surface area (Å²) in [6.45, 7) is -0.00593. The van der Waals surface area contributed by atoms with Crippen molar-refractivity contribution in [2.75, 3.05) is 11.9 Å². The Hall–Kier alpha value is -1.53. The molecule has 5 nitrogen and oxygen atoms in total. The molecular formula is C8H8BNO4. The highest BCUT2D eigenvalue weighted by Gasteiger charge is 2.19. The van der Waals surface area contributed by atoms with Crippen LogP contribution in [0.25, 0.3) is 0 Å². The molecule has 72 valence electrons. The first-order chi connectivity index (χ1) is 6.66. The summed E-state index contributed by atoms with van der Waals surface area (Å²) in [6, 6.07) is 4.58. The molecule has 1 aromatic rings. The zero-order valence-corrected chi connectivity index (χ0v) is 7.23. The van der Waals surface area contributed by atoms with E-state index in [0.717, 1.165) is 0 Å². The predicted molar refractivity (Wildman–Crippen MR) is 50.4 cm³/mol. The summed E-state index contributed by atoms with van der Waals surface area (Å²) in [5.41, 5.74) is 0.779. The third-order valence-corrected chi connectivity index (χ3v) is 1.93. The molecule has 0 aliphatic carbocycles. The highest BCUT2D eigenvalue weighted by molar-refractivity contribution is 6.58. The summed E-state index contributed by atoms with van der Waals surface area (Å²) in [5.74, 6) is 0.288. The van der Waals surface area contributed by atoms with Gasteiger partial charge in [0.15, 0.2) is 6.61 Å². The topological polar surface area (TPSA) is 78.8 Å². The van der Waals surface area contributed by atoms with Crippen molar-refractivity contribution >= 4 is 24.2 Å². The molecule has 0 saturated carbocycles. The van der Waals surface area contributed by atoms with Crippen LogP contribution in [-0.4, -0.2) is 29.7 Å². The second kappa shape index (κ2) is 3.32. The number of fused-ring (bicyclic) bond motifs is 1. The maximum absolute atomic E-state index is 10.9. The van der Waals surface area contributed by atoms with Crippen molar-refractivity contribution in [2.45, 2.75) is 0 Å². The van der Waals surface area contributed by atoms with E-state index >= 15 is 0 Å². The van der Waals surface area contributed by atoms with Crippen LogP contribution in [0.5, 0.6) is 5.75 Å². The van der Waals surface area contributed by atoms with Crippen molar-refractivity contribution in [3.63, 3.8) is 0 Å². The zero-order chi connectivity index (χ0) is 10.1. The van der Waals surface area contributed by atoms with Crippen LogP contribution < -0.4 is 15.5 Å². The molecule has 0 saturated heterocycles. The molecule has 3 N–H and O–H groups in total. The van der Waals surface area contributed by atoms with Gasteiger partial charge < -0.3 is 20.1 Å². The van der Waals surface area contributed by atoms with Crippen LogP contribution in [-0.2, 0) is 4.79 Å². The van der Waals surface area contributed by atoms with E-state index in [1.807, 2.05) is 0 Å². The standard InChI is InChI=1S/C8H8BNO4/c11-8-4-14-7-2-1-5(9(12)13)3-6(7)10-8/h1-3,12-13H,4H2,(H,10,11). The lowest BCUT2D eigenvalue weighted by Crippen LogP contribution is -2.32. The van der Waals surface area contributed by atoms with Gasteiger partial charge in [-0.15, -0.1) is 0 Å². The average molecular weight is 193 g/mol. The normalized spacial score (nSPS) is 14.0. The average Bonchev–Trinajstić information content (AvgIpc) is 2.16. The Balaban J connectivity index is 2.37. The van der Waals surface area contributed by atoms with Gasteiger partial charge in [-0.2, -0.15) is 0 Å². The molecule has 1 heterocycles. The molecule has 2 rings (SSSR count). The summed E-state index contributed by atoms with van der Waals surface area (Å²) in [6.07, 6.45) is 0. The predicted octanol–water partition coefficient (Wildman–Crippen LogP) is -1.30. The Morgan fingerprint density at radius 3 is 2.93 bits per heavy atom. The van der Waals surface area contributed by atoms with Crippen molar-refractivity contribution < 1.29 is 19.6 Å². The van der Waals surface area contributed by atoms with Crippen molar-refractivity contribution in [1.82, 2.24) is 0 Å². The highest BCUT2D eigenvalue weighted by atomic mass is 16.5. The van der Waals surface area contributed by atoms with Crippen molar-refractivity contribution in [2.24, 2.45) is 0 Å². The molecule has 6 heteroatoms. The highest BCUT2D eigenvalue weighted by Crippen LogP contribution is 2.25. The van der Waals surface area contributed by atoms with E-state index in [-0.39, 0.29) is 12.5 Å². The van der Waals surface area contributed by atoms with E-state index in [2.05, 4.69) is 5.32 Å². The SMILES string of the molecule is O=C1COc2ccc(B(O)O)cc2N1. The summed E-state index contributed by atoms with van der Waals surface area (Å²) in [4.78, 5) is 10.9. The first-order valence-corrected chi connectivity index (χ1v) is 4.09. The van der Waals surface area contributed by atoms with Gasteiger partial charge in [0.1, 0.15) is 5.75 Å². The molecule has 1 aliphatic rings. The summed E-state index contributed by atoms with van der Waals surface area (Å²) >= 11 is 0. The second-order valence-corrected chi connectivity index (χ2v) is 2.97. The minimum Gasteiger partial charge on any atom is -0.482 e. The minimum atomic E-state index is -1.54. The molecule has 0 bridgehead atoms. The van der Waals surface area contributed by atoms with Crippen molar-refractivity contribution in [3.05, 3.63) is 18.2 Å². The van der Waals surface area contributed by atoms with E-state index in [0.29, 0.717) is 16.9 Å². The maximum atomic E-state index is 10.9. The third-order valence-electron chi connectivity index (χ3n) is 1.93. The molecule has 14 heavy (non-hydrogen) atoms. The van der Waals surface area contributed by atoms with Crippen LogP contribution in [0.15, 0.2) is 18.2 Å². The smallest absolute Gasteiger partial charge is 0.482 e. The molecule has 1 aliphatic heterocycles. The van der Waals surface area contributed by atoms with Gasteiger partial charge >= 0.3 is 7.12 Å². The number of carbonyl (C=O) groups excluding carboxylic acids is 1. The lowest BCUT2D eigenvalue weighted by molar-refractivity contribution is -0.118. The van der Waals surface area contributed by atoms with Gasteiger partial charge in [0.05, 0.1) is 5.69 Å². The van der Waals surface area contributed by atoms with Crippen LogP contribution in [0.4, 0.5) is 5.69 Å². The van der Waals surface area contributed by atoms with Crippen LogP contribution in [0, 0.1) is 0 Å². The largest absolute Gasteiger partial charge is 0.488 e. The fourth-order valence-corrected chi connectivity index (χ4v) is 1.26. The summed E-state index contributed by atoms with van der Waals surface area (Å²) in [5, 5.41) is 20.4. The molecule has 0 unspecified atom stereocenters. The minimum absolute atomic E-state index is 0.00593. The molecule has 0 fully saturated rings. The van der Waals surface area contributed by atoms with Gasteiger partial charge in [-0.05, 0) is 17.6 Å². The lowest BCUT2D eigenvalue weighted by atomic mass is 9.80. The van der Waals surface area contributed by atoms with Crippen molar-refractivity contribution in [1.29, 1.82) is 0 Å². The number of anilines is 1. The van der Waals surface area contributed by atoms with E-state index in [1.54, 1.807) is 6.07 Å². The number of hydrogen-bond donors (Lipinski definition) is 3. The molecule has 0 atom stereocenters. The van der Waals surface area contributed by atoms with E-state index in [9.17, 15) is 4.79 Å². The molecule has 0 aromatic heterocycles. The Labute approximate surface area is 80.5 Å². The monoisotopic (exact) mass is 193 g/mol. The third kappa shape index (κ3) is 1.57. The molecule has 1 amide bonds. The number of amides is 1. The van der Waals surface area contributed by atoms with Crippen molar-refractivity contribution in [3.8, 4) is 5.75 Å². The van der Waals surface area contributed by atoms with Gasteiger partial charge in [0.25, 0.3) is 5.91 Å². The molecule has 0 radical (unpaired) electrons. The Morgan fingerprint density at radius 1 is 1.43 bits per heavy atom. The molecular weight excluding hydrogens is 185 g/mol. The number of rotatable bonds is 1. The summed E-state index contributed by atoms with van der Waals surface area (Å²) < 4.78 is 5.10. The van der Waals surface area contributed by atoms with Gasteiger partial charge in [0.2, 0.25) is 0 Å². The lowest BCUT2D eigenvalue weighted by Gasteiger charge is -2.18. The molecule has 0 spiro atoms. The van der Waals surface area contributed by atoms with E-state index < -0.39 is 7.12 Å². The number of carbonyl (C=O) groups is 1. The van der Waals surface area contributed by atoms with E-state index in [4.69, 9.17) is 14.8 Å². The van der Waals surface area contributed by atoms with Gasteiger partial charge in [-0.25, -0.2) is 0 Å². The van der Waals surface area contributed by atoms with Gasteiger partial charge in [0, 0.05) is 0 Å². The fourth-order valence-electron chi connectivity index (χ4n) is 1.26. The fraction of sp³-hybridized carbons (Fsp3) is 0.125. The Morgan fingerprint density at radius 2 is 2.21 bits per heavy atom. The van der Waals surface area contributed by atoms with Crippen LogP contribution >= 0.6 is 0 Å². The number of nitrogens with one attached hydrogen (secondary N) is 1. The van der Waals surface area contributed by atoms with Crippen LogP contribution in [0.2, 0.25) is 0 Å². The number of benzene rings is 1. The first kappa shape index (κ1) is 9.05. The summed E-state index contributed by atoms with van der Waals surface area (Å²) in [7, 11) is -1.54. The maximum Gasteiger partial charge on any atom is 0.488 e. The van der Waals surface area contributed by atoms with Gasteiger partial charge in [-0.1, -0.05) is 6.07 Å². The number of hydrogen-bond acceptors (Lipinski definition) is 4. The van der Waals surface area contributed by atoms with Crippen LogP contribution in [0.3, 0.4) is 0 Å². The zero-order valence-electron chi connectivity index (χ0n) is 7.23. The Bertz CT molecular complexity index is 380. The Kier molecular flexibility index (Phi) is 2.15. The first-order valence-electron chi connectivity index (χ1n) is 4.09. The number of ether oxygens (including phenoxy) is 1. The molecule has 1 aromatic carbocycles. The second-order valence-electron chi connectivity index (χ2n) is 2.97. The van der Waals surface area contributed by atoms with E-state index in [1.165, 1.54) is 12.1 Å². The van der Waals surface area contributed by atoms with Gasteiger partial charge in [-0.3, -0.25) is 4.79 Å².